The van der Waals surface area contributed by atoms with Crippen molar-refractivity contribution in [3.05, 3.63) is 82.3 Å². The molecule has 0 spiro atoms. The van der Waals surface area contributed by atoms with Gasteiger partial charge in [-0.05, 0) is 94.8 Å². The van der Waals surface area contributed by atoms with Crippen LogP contribution in [0.1, 0.15) is 42.1 Å². The zero-order valence-electron chi connectivity index (χ0n) is 26.3. The molecular formula is C33H44N10O3. The predicted molar refractivity (Wildman–Crippen MR) is 183 cm³/mol. The number of nitrogens with two attached hydrogens (primary N) is 2. The van der Waals surface area contributed by atoms with Crippen LogP contribution < -0.4 is 43.5 Å². The van der Waals surface area contributed by atoms with Crippen LogP contribution >= 0.6 is 0 Å². The maximum Gasteiger partial charge on any atom is 0.319 e. The van der Waals surface area contributed by atoms with Crippen molar-refractivity contribution in [3.8, 4) is 11.3 Å². The molecule has 3 heterocycles. The number of aromatic nitrogens is 3. The molecule has 46 heavy (non-hydrogen) atoms. The third-order valence-electron chi connectivity index (χ3n) is 7.39. The minimum atomic E-state index is -0.493. The normalized spacial score (nSPS) is 11.0. The Morgan fingerprint density at radius 3 is 2.28 bits per heavy atom. The summed E-state index contributed by atoms with van der Waals surface area (Å²) < 4.78 is 1.68. The van der Waals surface area contributed by atoms with Gasteiger partial charge in [0, 0.05) is 43.3 Å². The lowest BCUT2D eigenvalue weighted by atomic mass is 10.1. The molecule has 0 saturated carbocycles. The van der Waals surface area contributed by atoms with Gasteiger partial charge in [-0.1, -0.05) is 18.2 Å². The highest BCUT2D eigenvalue weighted by Crippen LogP contribution is 2.24. The molecule has 4 aromatic rings. The number of urea groups is 1. The number of anilines is 2. The molecule has 0 saturated heterocycles. The lowest BCUT2D eigenvalue weighted by Gasteiger charge is -2.16. The highest BCUT2D eigenvalue weighted by molar-refractivity contribution is 6.01. The van der Waals surface area contributed by atoms with Gasteiger partial charge in [0.2, 0.25) is 5.43 Å². The topological polar surface area (TPSA) is 194 Å². The van der Waals surface area contributed by atoms with Crippen LogP contribution in [0, 0.1) is 0 Å². The molecule has 0 aliphatic heterocycles. The van der Waals surface area contributed by atoms with E-state index in [1.54, 1.807) is 41.2 Å². The van der Waals surface area contributed by atoms with Crippen molar-refractivity contribution in [1.82, 2.24) is 35.8 Å². The fourth-order valence-corrected chi connectivity index (χ4v) is 4.94. The van der Waals surface area contributed by atoms with Gasteiger partial charge < -0.3 is 42.6 Å². The summed E-state index contributed by atoms with van der Waals surface area (Å²) in [5.74, 6) is -0.411. The average Bonchev–Trinajstić information content (AvgIpc) is 3.07. The van der Waals surface area contributed by atoms with E-state index < -0.39 is 11.3 Å². The van der Waals surface area contributed by atoms with Crippen LogP contribution in [0.25, 0.3) is 22.3 Å². The van der Waals surface area contributed by atoms with Crippen LogP contribution in [0.5, 0.6) is 0 Å². The number of benzene rings is 1. The number of nitrogens with one attached hydrogen (secondary N) is 5. The second kappa shape index (κ2) is 17.6. The molecule has 0 unspecified atom stereocenters. The quantitative estimate of drug-likeness (QED) is 0.0860. The number of nitrogens with zero attached hydrogens (tertiary/aromatic N) is 3. The third-order valence-corrected chi connectivity index (χ3v) is 7.39. The van der Waals surface area contributed by atoms with Crippen molar-refractivity contribution in [1.29, 1.82) is 0 Å². The SMILES string of the molecule is CCn1c(N)c(C(=O)NCCCNCCCNCCCN)c(=O)c2ccc(-c3ccc(NC(=O)NCc4cccnc4)cc3)nc21. The van der Waals surface area contributed by atoms with Crippen molar-refractivity contribution < 1.29 is 9.59 Å². The number of hydrogen-bond acceptors (Lipinski definition) is 9. The average molecular weight is 629 g/mol. The van der Waals surface area contributed by atoms with Crippen LogP contribution in [0.2, 0.25) is 0 Å². The van der Waals surface area contributed by atoms with E-state index in [1.807, 2.05) is 31.2 Å². The number of carbonyl (C=O) groups excluding carboxylic acids is 2. The number of pyridine rings is 3. The smallest absolute Gasteiger partial charge is 0.319 e. The molecule has 0 aliphatic carbocycles. The van der Waals surface area contributed by atoms with E-state index in [-0.39, 0.29) is 17.4 Å². The minimum absolute atomic E-state index is 0.0716. The second-order valence-electron chi connectivity index (χ2n) is 10.8. The monoisotopic (exact) mass is 628 g/mol. The fourth-order valence-electron chi connectivity index (χ4n) is 4.94. The Morgan fingerprint density at radius 2 is 1.61 bits per heavy atom. The first-order chi connectivity index (χ1) is 22.4. The molecule has 4 rings (SSSR count). The molecule has 0 atom stereocenters. The molecule has 9 N–H and O–H groups in total. The molecule has 13 heteroatoms. The molecule has 0 radical (unpaired) electrons. The molecule has 244 valence electrons. The van der Waals surface area contributed by atoms with E-state index in [0.29, 0.717) is 48.6 Å². The summed E-state index contributed by atoms with van der Waals surface area (Å²) in [6, 6.07) is 14.0. The van der Waals surface area contributed by atoms with E-state index in [4.69, 9.17) is 16.5 Å². The zero-order valence-corrected chi connectivity index (χ0v) is 26.3. The van der Waals surface area contributed by atoms with Gasteiger partial charge in [0.15, 0.2) is 0 Å². The zero-order chi connectivity index (χ0) is 32.7. The first-order valence-electron chi connectivity index (χ1n) is 15.7. The maximum absolute atomic E-state index is 13.4. The summed E-state index contributed by atoms with van der Waals surface area (Å²) in [6.07, 6.45) is 6.07. The lowest BCUT2D eigenvalue weighted by molar-refractivity contribution is 0.0952. The summed E-state index contributed by atoms with van der Waals surface area (Å²) in [7, 11) is 0. The molecule has 0 fully saturated rings. The van der Waals surface area contributed by atoms with Gasteiger partial charge in [-0.2, -0.15) is 0 Å². The minimum Gasteiger partial charge on any atom is -0.384 e. The van der Waals surface area contributed by atoms with E-state index in [9.17, 15) is 14.4 Å². The van der Waals surface area contributed by atoms with Crippen molar-refractivity contribution >= 4 is 34.5 Å². The second-order valence-corrected chi connectivity index (χ2v) is 10.8. The summed E-state index contributed by atoms with van der Waals surface area (Å²) in [5, 5.41) is 15.5. The van der Waals surface area contributed by atoms with E-state index in [0.717, 1.165) is 56.6 Å². The van der Waals surface area contributed by atoms with E-state index in [2.05, 4.69) is 31.6 Å². The van der Waals surface area contributed by atoms with Crippen LogP contribution in [-0.4, -0.2) is 65.7 Å². The van der Waals surface area contributed by atoms with Crippen molar-refractivity contribution in [3.63, 3.8) is 0 Å². The van der Waals surface area contributed by atoms with E-state index >= 15 is 0 Å². The Morgan fingerprint density at radius 1 is 0.891 bits per heavy atom. The third kappa shape index (κ3) is 9.33. The molecule has 3 amide bonds. The lowest BCUT2D eigenvalue weighted by Crippen LogP contribution is -2.34. The van der Waals surface area contributed by atoms with Crippen molar-refractivity contribution in [2.45, 2.75) is 39.3 Å². The summed E-state index contributed by atoms with van der Waals surface area (Å²) in [4.78, 5) is 47.6. The molecule has 1 aromatic carbocycles. The number of carbonyl (C=O) groups is 2. The van der Waals surface area contributed by atoms with Crippen molar-refractivity contribution in [2.24, 2.45) is 5.73 Å². The highest BCUT2D eigenvalue weighted by Gasteiger charge is 2.21. The van der Waals surface area contributed by atoms with Crippen molar-refractivity contribution in [2.75, 3.05) is 50.3 Å². The van der Waals surface area contributed by atoms with Gasteiger partial charge in [0.1, 0.15) is 17.0 Å². The number of amides is 3. The fraction of sp³-hybridized carbons (Fsp3) is 0.364. The molecule has 0 aliphatic rings. The summed E-state index contributed by atoms with van der Waals surface area (Å²) in [5.41, 5.74) is 14.7. The number of rotatable bonds is 17. The highest BCUT2D eigenvalue weighted by atomic mass is 16.2. The van der Waals surface area contributed by atoms with Gasteiger partial charge in [-0.15, -0.1) is 0 Å². The Labute approximate surface area is 268 Å². The summed E-state index contributed by atoms with van der Waals surface area (Å²) >= 11 is 0. The number of nitrogen functional groups attached to an aromatic ring is 1. The Hall–Kier alpha value is -4.85. The Kier molecular flexibility index (Phi) is 13.0. The Balaban J connectivity index is 1.36. The predicted octanol–water partition coefficient (Wildman–Crippen LogP) is 2.42. The first-order valence-corrected chi connectivity index (χ1v) is 15.7. The van der Waals surface area contributed by atoms with Crippen LogP contribution in [0.15, 0.2) is 65.7 Å². The number of hydrogen-bond donors (Lipinski definition) is 7. The molecule has 13 nitrogen and oxygen atoms in total. The summed E-state index contributed by atoms with van der Waals surface area (Å²) in [6.45, 7) is 7.26. The molecular weight excluding hydrogens is 584 g/mol. The number of fused-ring (bicyclic) bond motifs is 1. The van der Waals surface area contributed by atoms with Gasteiger partial charge in [0.05, 0.1) is 11.1 Å². The van der Waals surface area contributed by atoms with Crippen LogP contribution in [0.4, 0.5) is 16.3 Å². The number of aryl methyl sites for hydroxylation is 1. The van der Waals surface area contributed by atoms with E-state index in [1.165, 1.54) is 0 Å². The van der Waals surface area contributed by atoms with Crippen LogP contribution in [0.3, 0.4) is 0 Å². The Bertz CT molecular complexity index is 1640. The largest absolute Gasteiger partial charge is 0.384 e. The van der Waals surface area contributed by atoms with Gasteiger partial charge >= 0.3 is 6.03 Å². The van der Waals surface area contributed by atoms with Gasteiger partial charge in [-0.3, -0.25) is 14.6 Å². The van der Waals surface area contributed by atoms with Gasteiger partial charge in [0.25, 0.3) is 5.91 Å². The first kappa shape index (κ1) is 34.0. The molecule has 0 bridgehead atoms. The standard InChI is InChI=1S/C33H44N10O3/c1-2-43-30(35)28(32(45)39-20-6-19-37-18-5-17-36-16-4-14-34)29(44)26-12-13-27(42-31(26)43)24-8-10-25(11-9-24)41-33(46)40-22-23-7-3-15-38-21-23/h3,7-13,15,21,36-37H,2,4-6,14,16-20,22,34-35H2,1H3,(H,39,45)(H2,40,41,46). The molecule has 3 aromatic heterocycles. The van der Waals surface area contributed by atoms with Gasteiger partial charge in [-0.25, -0.2) is 9.78 Å². The maximum atomic E-state index is 13.4. The van der Waals surface area contributed by atoms with Crippen LogP contribution in [-0.2, 0) is 13.1 Å².